The van der Waals surface area contributed by atoms with E-state index in [1.165, 1.54) is 26.0 Å². The van der Waals surface area contributed by atoms with Gasteiger partial charge in [0.2, 0.25) is 5.75 Å². The molecule has 34 heavy (non-hydrogen) atoms. The van der Waals surface area contributed by atoms with E-state index >= 15 is 0 Å². The summed E-state index contributed by atoms with van der Waals surface area (Å²) in [5.41, 5.74) is 0.772. The fraction of sp³-hybridized carbons (Fsp3) is 0.208. The molecule has 0 unspecified atom stereocenters. The van der Waals surface area contributed by atoms with Gasteiger partial charge in [0, 0.05) is 11.1 Å². The molecular formula is C24H22ClN3O5S. The van der Waals surface area contributed by atoms with E-state index in [1.807, 2.05) is 19.1 Å². The van der Waals surface area contributed by atoms with Crippen molar-refractivity contribution in [3.63, 3.8) is 0 Å². The number of benzene rings is 2. The Morgan fingerprint density at radius 3 is 2.44 bits per heavy atom. The molecule has 0 saturated carbocycles. The third-order valence-electron chi connectivity index (χ3n) is 4.91. The summed E-state index contributed by atoms with van der Waals surface area (Å²) in [6, 6.07) is 10.6. The van der Waals surface area contributed by atoms with Crippen LogP contribution in [0.15, 0.2) is 58.1 Å². The summed E-state index contributed by atoms with van der Waals surface area (Å²) in [5, 5.41) is 9.48. The first kappa shape index (κ1) is 23.7. The molecule has 0 saturated heterocycles. The highest BCUT2D eigenvalue weighted by atomic mass is 35.5. The molecule has 1 amide bonds. The largest absolute Gasteiger partial charge is 0.493 e. The maximum absolute atomic E-state index is 12.6. The number of fused-ring (bicyclic) bond motifs is 1. The zero-order valence-electron chi connectivity index (χ0n) is 18.8. The van der Waals surface area contributed by atoms with Crippen LogP contribution in [0.25, 0.3) is 6.08 Å². The second-order valence-corrected chi connectivity index (χ2v) is 8.82. The number of ether oxygens (including phenoxy) is 4. The number of hydrogen-bond acceptors (Lipinski definition) is 7. The molecule has 176 valence electrons. The van der Waals surface area contributed by atoms with Gasteiger partial charge in [0.15, 0.2) is 16.7 Å². The Kier molecular flexibility index (Phi) is 7.14. The van der Waals surface area contributed by atoms with Gasteiger partial charge in [-0.15, -0.1) is 0 Å². The first-order chi connectivity index (χ1) is 16.4. The third kappa shape index (κ3) is 4.90. The summed E-state index contributed by atoms with van der Waals surface area (Å²) in [6.45, 7) is 2.38. The van der Waals surface area contributed by atoms with E-state index in [9.17, 15) is 4.79 Å². The van der Waals surface area contributed by atoms with Crippen LogP contribution in [0.3, 0.4) is 0 Å². The van der Waals surface area contributed by atoms with Gasteiger partial charge in [-0.3, -0.25) is 15.1 Å². The fourth-order valence-corrected chi connectivity index (χ4v) is 4.36. The SMILES string of the molecule is COc1cc(/C=C2/C(=N)N3C=C(C)SC3=NC2=O)cc(OC)c1OCCOc1ccccc1Cl. The summed E-state index contributed by atoms with van der Waals surface area (Å²) >= 11 is 7.47. The fourth-order valence-electron chi connectivity index (χ4n) is 3.35. The van der Waals surface area contributed by atoms with Crippen LogP contribution in [0.2, 0.25) is 5.02 Å². The maximum Gasteiger partial charge on any atom is 0.283 e. The Hall–Kier alpha value is -3.43. The highest BCUT2D eigenvalue weighted by molar-refractivity contribution is 8.17. The molecule has 0 spiro atoms. The molecular weight excluding hydrogens is 478 g/mol. The van der Waals surface area contributed by atoms with Gasteiger partial charge >= 0.3 is 0 Å². The van der Waals surface area contributed by atoms with Crippen molar-refractivity contribution in [1.29, 1.82) is 5.41 Å². The number of aliphatic imine (C=N–C) groups is 1. The number of amidine groups is 2. The predicted molar refractivity (Wildman–Crippen MR) is 133 cm³/mol. The molecule has 0 fully saturated rings. The number of allylic oxidation sites excluding steroid dienone is 1. The lowest BCUT2D eigenvalue weighted by Crippen LogP contribution is -2.35. The van der Waals surface area contributed by atoms with Crippen LogP contribution in [0.4, 0.5) is 0 Å². The number of rotatable bonds is 8. The number of nitrogens with one attached hydrogen (secondary N) is 1. The zero-order chi connectivity index (χ0) is 24.2. The number of carbonyl (C=O) groups is 1. The molecule has 0 aromatic heterocycles. The van der Waals surface area contributed by atoms with E-state index in [4.69, 9.17) is 36.0 Å². The standard InChI is InChI=1S/C24H22ClN3O5S/c1-14-13-28-22(26)16(23(29)27-24(28)34-14)10-15-11-19(30-2)21(20(12-15)31-3)33-9-8-32-18-7-5-4-6-17(18)25/h4-7,10-13,26H,8-9H2,1-3H3/b16-10-,26-22?. The normalized spacial score (nSPS) is 16.2. The second-order valence-electron chi connectivity index (χ2n) is 7.20. The zero-order valence-corrected chi connectivity index (χ0v) is 20.3. The Labute approximate surface area is 206 Å². The van der Waals surface area contributed by atoms with Crippen LogP contribution in [0.1, 0.15) is 12.5 Å². The number of carbonyl (C=O) groups excluding carboxylic acids is 1. The van der Waals surface area contributed by atoms with Gasteiger partial charge in [-0.05, 0) is 42.8 Å². The van der Waals surface area contributed by atoms with Crippen molar-refractivity contribution >= 4 is 46.3 Å². The summed E-state index contributed by atoms with van der Waals surface area (Å²) < 4.78 is 22.5. The lowest BCUT2D eigenvalue weighted by molar-refractivity contribution is -0.114. The second kappa shape index (κ2) is 10.2. The van der Waals surface area contributed by atoms with E-state index in [0.717, 1.165) is 4.91 Å². The van der Waals surface area contributed by atoms with Crippen LogP contribution in [-0.4, -0.2) is 49.2 Å². The van der Waals surface area contributed by atoms with Crippen LogP contribution in [0.5, 0.6) is 23.0 Å². The number of nitrogens with zero attached hydrogens (tertiary/aromatic N) is 2. The van der Waals surface area contributed by atoms with Crippen molar-refractivity contribution < 1.29 is 23.7 Å². The van der Waals surface area contributed by atoms with Gasteiger partial charge < -0.3 is 18.9 Å². The van der Waals surface area contributed by atoms with Gasteiger partial charge in [-0.25, -0.2) is 0 Å². The van der Waals surface area contributed by atoms with Gasteiger partial charge in [0.25, 0.3) is 5.91 Å². The molecule has 1 N–H and O–H groups in total. The van der Waals surface area contributed by atoms with Crippen molar-refractivity contribution in [2.24, 2.45) is 4.99 Å². The highest BCUT2D eigenvalue weighted by Gasteiger charge is 2.33. The monoisotopic (exact) mass is 499 g/mol. The number of halogens is 1. The molecule has 2 aromatic rings. The van der Waals surface area contributed by atoms with Gasteiger partial charge in [-0.1, -0.05) is 35.5 Å². The lowest BCUT2D eigenvalue weighted by atomic mass is 10.1. The molecule has 2 aliphatic heterocycles. The molecule has 2 aromatic carbocycles. The van der Waals surface area contributed by atoms with Crippen molar-refractivity contribution in [2.75, 3.05) is 27.4 Å². The smallest absolute Gasteiger partial charge is 0.283 e. The average molecular weight is 500 g/mol. The van der Waals surface area contributed by atoms with E-state index in [-0.39, 0.29) is 24.6 Å². The molecule has 0 atom stereocenters. The van der Waals surface area contributed by atoms with Crippen LogP contribution in [-0.2, 0) is 4.79 Å². The first-order valence-corrected chi connectivity index (χ1v) is 11.5. The van der Waals surface area contributed by atoms with Crippen LogP contribution >= 0.6 is 23.4 Å². The minimum Gasteiger partial charge on any atom is -0.493 e. The summed E-state index contributed by atoms with van der Waals surface area (Å²) in [5.74, 6) is 1.39. The molecule has 2 aliphatic rings. The number of methoxy groups -OCH3 is 2. The van der Waals surface area contributed by atoms with Crippen molar-refractivity contribution in [2.45, 2.75) is 6.92 Å². The average Bonchev–Trinajstić information content (AvgIpc) is 3.20. The predicted octanol–water partition coefficient (Wildman–Crippen LogP) is 4.98. The molecule has 8 nitrogen and oxygen atoms in total. The lowest BCUT2D eigenvalue weighted by Gasteiger charge is -2.22. The Bertz CT molecular complexity index is 1220. The molecule has 2 heterocycles. The molecule has 0 radical (unpaired) electrons. The number of para-hydroxylation sites is 1. The van der Waals surface area contributed by atoms with E-state index in [0.29, 0.717) is 38.8 Å². The van der Waals surface area contributed by atoms with Gasteiger partial charge in [0.1, 0.15) is 24.8 Å². The molecule has 0 aliphatic carbocycles. The van der Waals surface area contributed by atoms with Crippen molar-refractivity contribution in [3.05, 3.63) is 63.7 Å². The Morgan fingerprint density at radius 2 is 1.76 bits per heavy atom. The number of hydrogen-bond donors (Lipinski definition) is 1. The van der Waals surface area contributed by atoms with Crippen molar-refractivity contribution in [3.8, 4) is 23.0 Å². The maximum atomic E-state index is 12.6. The summed E-state index contributed by atoms with van der Waals surface area (Å²) in [6.07, 6.45) is 3.38. The summed E-state index contributed by atoms with van der Waals surface area (Å²) in [7, 11) is 3.02. The quantitative estimate of drug-likeness (QED) is 0.404. The van der Waals surface area contributed by atoms with Gasteiger partial charge in [-0.2, -0.15) is 4.99 Å². The Balaban J connectivity index is 1.54. The van der Waals surface area contributed by atoms with Crippen LogP contribution in [0, 0.1) is 5.41 Å². The third-order valence-corrected chi connectivity index (χ3v) is 6.12. The van der Waals surface area contributed by atoms with E-state index < -0.39 is 5.91 Å². The summed E-state index contributed by atoms with van der Waals surface area (Å²) in [4.78, 5) is 19.2. The Morgan fingerprint density at radius 1 is 1.09 bits per heavy atom. The van der Waals surface area contributed by atoms with Crippen LogP contribution < -0.4 is 18.9 Å². The first-order valence-electron chi connectivity index (χ1n) is 10.3. The van der Waals surface area contributed by atoms with E-state index in [2.05, 4.69) is 4.99 Å². The minimum absolute atomic E-state index is 0.0642. The van der Waals surface area contributed by atoms with Crippen molar-refractivity contribution in [1.82, 2.24) is 4.90 Å². The molecule has 0 bridgehead atoms. The molecule has 4 rings (SSSR count). The van der Waals surface area contributed by atoms with Gasteiger partial charge in [0.05, 0.1) is 24.8 Å². The molecule has 10 heteroatoms. The topological polar surface area (TPSA) is 93.4 Å². The minimum atomic E-state index is -0.471. The number of amides is 1. The van der Waals surface area contributed by atoms with E-state index in [1.54, 1.807) is 41.4 Å². The number of thioether (sulfide) groups is 1. The highest BCUT2D eigenvalue weighted by Crippen LogP contribution is 2.40.